The Labute approximate surface area is 52.7 Å². The average molecular weight is 159 g/mol. The van der Waals surface area contributed by atoms with Crippen molar-refractivity contribution in [2.45, 2.75) is 19.3 Å². The van der Waals surface area contributed by atoms with E-state index in [1.807, 2.05) is 0 Å². The molecule has 7 heavy (non-hydrogen) atoms. The first-order chi connectivity index (χ1) is 3.39. The molecule has 1 aliphatic rings. The monoisotopic (exact) mass is 159 g/mol. The molecule has 1 nitrogen and oxygen atoms in total. The molecule has 0 spiro atoms. The molecule has 0 saturated heterocycles. The Morgan fingerprint density at radius 2 is 2.29 bits per heavy atom. The van der Waals surface area contributed by atoms with Crippen molar-refractivity contribution >= 4 is 21.4 Å². The van der Waals surface area contributed by atoms with Gasteiger partial charge >= 0.3 is 52.2 Å². The van der Waals surface area contributed by atoms with E-state index < -0.39 is 0 Å². The summed E-state index contributed by atoms with van der Waals surface area (Å²) in [6.07, 6.45) is 3.95. The van der Waals surface area contributed by atoms with Gasteiger partial charge in [-0.2, -0.15) is 0 Å². The number of aliphatic imine (C=N–C) groups is 1. The molecule has 40 valence electrons. The molecular weight excluding hydrogens is 149 g/mol. The third-order valence-corrected chi connectivity index (χ3v) is 2.14. The topological polar surface area (TPSA) is 12.4 Å². The van der Waals surface area contributed by atoms with Gasteiger partial charge in [0.25, 0.3) is 0 Å². The van der Waals surface area contributed by atoms with Crippen LogP contribution in [0.5, 0.6) is 0 Å². The molecule has 0 fully saturated rings. The van der Waals surface area contributed by atoms with Crippen LogP contribution in [0.1, 0.15) is 19.3 Å². The van der Waals surface area contributed by atoms with E-state index in [0.29, 0.717) is 0 Å². The molecule has 0 aromatic carbocycles. The number of hydrogen-bond donors (Lipinski definition) is 0. The van der Waals surface area contributed by atoms with Gasteiger partial charge in [-0.15, -0.1) is 0 Å². The molecule has 0 amide bonds. The number of rotatable bonds is 0. The first kappa shape index (κ1) is 5.37. The van der Waals surface area contributed by atoms with Crippen molar-refractivity contribution in [3.8, 4) is 0 Å². The Morgan fingerprint density at radius 3 is 2.57 bits per heavy atom. The summed E-state index contributed by atoms with van der Waals surface area (Å²) in [7, 11) is 0. The zero-order valence-electron chi connectivity index (χ0n) is 4.35. The second-order valence-corrected chi connectivity index (χ2v) is 3.23. The Kier molecular flexibility index (Phi) is 1.93. The van der Waals surface area contributed by atoms with Crippen molar-refractivity contribution in [2.24, 2.45) is 4.99 Å². The van der Waals surface area contributed by atoms with Gasteiger partial charge in [-0.1, -0.05) is 0 Å². The van der Waals surface area contributed by atoms with Crippen LogP contribution >= 0.6 is 0 Å². The van der Waals surface area contributed by atoms with Gasteiger partial charge in [0, 0.05) is 0 Å². The fourth-order valence-corrected chi connectivity index (χ4v) is 1.42. The first-order valence-electron chi connectivity index (χ1n) is 2.68. The standard InChI is InChI=1S/C5H10AsN/c6-5-3-1-2-4-7-5/h1-4,6H2. The van der Waals surface area contributed by atoms with E-state index in [1.54, 1.807) is 16.9 Å². The Bertz CT molecular complexity index is 88.1. The molecule has 1 heterocycles. The van der Waals surface area contributed by atoms with E-state index in [9.17, 15) is 0 Å². The van der Waals surface area contributed by atoms with Crippen molar-refractivity contribution in [2.75, 3.05) is 6.54 Å². The van der Waals surface area contributed by atoms with Crippen LogP contribution in [0.4, 0.5) is 0 Å². The fraction of sp³-hybridized carbons (Fsp3) is 0.800. The minimum absolute atomic E-state index is 1.09. The summed E-state index contributed by atoms with van der Waals surface area (Å²) in [4.78, 5) is 4.27. The van der Waals surface area contributed by atoms with Gasteiger partial charge in [0.2, 0.25) is 0 Å². The number of nitrogens with zero attached hydrogens (tertiary/aromatic N) is 1. The summed E-state index contributed by atoms with van der Waals surface area (Å²) in [6.45, 7) is 1.09. The molecule has 0 aromatic rings. The van der Waals surface area contributed by atoms with Crippen LogP contribution in [-0.4, -0.2) is 27.9 Å². The molecule has 2 heteroatoms. The van der Waals surface area contributed by atoms with Gasteiger partial charge in [-0.05, 0) is 0 Å². The zero-order valence-corrected chi connectivity index (χ0v) is 6.78. The summed E-state index contributed by atoms with van der Waals surface area (Å²) in [6, 6.07) is 0. The molecular formula is C5H10AsN. The van der Waals surface area contributed by atoms with Crippen molar-refractivity contribution < 1.29 is 0 Å². The predicted molar refractivity (Wildman–Crippen MR) is 34.7 cm³/mol. The van der Waals surface area contributed by atoms with Crippen LogP contribution in [0.25, 0.3) is 0 Å². The molecule has 0 bridgehead atoms. The van der Waals surface area contributed by atoms with Crippen LogP contribution in [-0.2, 0) is 0 Å². The summed E-state index contributed by atoms with van der Waals surface area (Å²) in [5.41, 5.74) is 0. The maximum atomic E-state index is 4.27. The molecule has 0 N–H and O–H groups in total. The first-order valence-corrected chi connectivity index (χ1v) is 3.89. The Morgan fingerprint density at radius 1 is 1.43 bits per heavy atom. The normalized spacial score (nSPS) is 21.6. The fourth-order valence-electron chi connectivity index (χ4n) is 0.720. The van der Waals surface area contributed by atoms with Crippen LogP contribution in [0.2, 0.25) is 0 Å². The van der Waals surface area contributed by atoms with E-state index in [1.165, 1.54) is 23.8 Å². The quantitative estimate of drug-likeness (QED) is 0.448. The van der Waals surface area contributed by atoms with Gasteiger partial charge in [0.15, 0.2) is 0 Å². The summed E-state index contributed by atoms with van der Waals surface area (Å²) in [5.74, 6) is 0. The van der Waals surface area contributed by atoms with E-state index in [0.717, 1.165) is 6.54 Å². The molecule has 0 saturated carbocycles. The second kappa shape index (κ2) is 2.51. The summed E-state index contributed by atoms with van der Waals surface area (Å²) in [5, 5.41) is 0. The van der Waals surface area contributed by atoms with Crippen LogP contribution in [0, 0.1) is 0 Å². The van der Waals surface area contributed by atoms with Crippen LogP contribution in [0.3, 0.4) is 0 Å². The van der Waals surface area contributed by atoms with Crippen molar-refractivity contribution in [3.05, 3.63) is 0 Å². The van der Waals surface area contributed by atoms with Gasteiger partial charge in [-0.25, -0.2) is 0 Å². The third kappa shape index (κ3) is 1.64. The maximum absolute atomic E-state index is 4.27. The SMILES string of the molecule is [AsH2]C1=NCCCC1. The molecule has 1 unspecified atom stereocenters. The second-order valence-electron chi connectivity index (χ2n) is 1.83. The van der Waals surface area contributed by atoms with Gasteiger partial charge in [-0.3, -0.25) is 0 Å². The van der Waals surface area contributed by atoms with Crippen LogP contribution in [0.15, 0.2) is 4.99 Å². The number of hydrogen-bond acceptors (Lipinski definition) is 1. The third-order valence-electron chi connectivity index (χ3n) is 1.16. The zero-order chi connectivity index (χ0) is 5.11. The van der Waals surface area contributed by atoms with Crippen molar-refractivity contribution in [1.29, 1.82) is 0 Å². The Hall–Kier alpha value is 0.228. The van der Waals surface area contributed by atoms with Gasteiger partial charge in [0.05, 0.1) is 0 Å². The van der Waals surface area contributed by atoms with E-state index in [-0.39, 0.29) is 0 Å². The van der Waals surface area contributed by atoms with Gasteiger partial charge in [0.1, 0.15) is 0 Å². The van der Waals surface area contributed by atoms with Crippen LogP contribution < -0.4 is 0 Å². The van der Waals surface area contributed by atoms with Crippen molar-refractivity contribution in [3.63, 3.8) is 0 Å². The molecule has 0 radical (unpaired) electrons. The molecule has 1 aliphatic heterocycles. The summed E-state index contributed by atoms with van der Waals surface area (Å²) < 4.78 is 1.40. The predicted octanol–water partition coefficient (Wildman–Crippen LogP) is 0.202. The minimum atomic E-state index is 1.09. The van der Waals surface area contributed by atoms with E-state index >= 15 is 0 Å². The molecule has 1 rings (SSSR count). The van der Waals surface area contributed by atoms with Crippen molar-refractivity contribution in [1.82, 2.24) is 0 Å². The molecule has 1 atom stereocenters. The van der Waals surface area contributed by atoms with E-state index in [2.05, 4.69) is 4.99 Å². The molecule has 0 aliphatic carbocycles. The average Bonchev–Trinajstić information content (AvgIpc) is 1.69. The summed E-state index contributed by atoms with van der Waals surface area (Å²) >= 11 is 1.70. The molecule has 0 aromatic heterocycles. The Balaban J connectivity index is 2.40. The van der Waals surface area contributed by atoms with E-state index in [4.69, 9.17) is 0 Å². The van der Waals surface area contributed by atoms with Gasteiger partial charge < -0.3 is 0 Å².